The highest BCUT2D eigenvalue weighted by atomic mass is 35.5. The fraction of sp³-hybridized carbons (Fsp3) is 0.562. The van der Waals surface area contributed by atoms with Crippen LogP contribution in [0.2, 0.25) is 5.02 Å². The minimum absolute atomic E-state index is 0.158. The third-order valence-corrected chi connectivity index (χ3v) is 5.08. The number of rotatable bonds is 3. The Labute approximate surface area is 125 Å². The molecule has 20 heavy (non-hydrogen) atoms. The van der Waals surface area contributed by atoms with E-state index in [-0.39, 0.29) is 11.8 Å². The fourth-order valence-corrected chi connectivity index (χ4v) is 3.94. The lowest BCUT2D eigenvalue weighted by atomic mass is 9.89. The molecule has 2 heterocycles. The number of hydrogen-bond donors (Lipinski definition) is 1. The molecule has 0 spiro atoms. The van der Waals surface area contributed by atoms with E-state index in [1.807, 2.05) is 12.1 Å². The number of piperidine rings is 1. The molecule has 2 aliphatic heterocycles. The van der Waals surface area contributed by atoms with Gasteiger partial charge in [0.1, 0.15) is 0 Å². The van der Waals surface area contributed by atoms with Crippen LogP contribution >= 0.6 is 11.6 Å². The highest BCUT2D eigenvalue weighted by Crippen LogP contribution is 2.40. The minimum atomic E-state index is 0.158. The molecule has 3 atom stereocenters. The molecule has 2 fully saturated rings. The maximum atomic E-state index is 12.0. The highest BCUT2D eigenvalue weighted by Gasteiger charge is 2.44. The van der Waals surface area contributed by atoms with E-state index in [0.717, 1.165) is 30.8 Å². The largest absolute Gasteiger partial charge is 0.359 e. The second-order valence-electron chi connectivity index (χ2n) is 5.90. The standard InChI is InChI=1S/C16H21ClN2O/c1-18-16(20)14-8-6-13-7-9-15(14)19(13)10-11-2-4-12(17)5-3-11/h2-5,13-15H,6-10H2,1H3,(H,18,20)/t13-,14+,15-/m1/s1. The van der Waals surface area contributed by atoms with Crippen molar-refractivity contribution in [1.82, 2.24) is 10.2 Å². The van der Waals surface area contributed by atoms with Gasteiger partial charge in [-0.05, 0) is 43.4 Å². The Morgan fingerprint density at radius 2 is 1.95 bits per heavy atom. The third kappa shape index (κ3) is 2.57. The molecule has 2 saturated heterocycles. The van der Waals surface area contributed by atoms with Crippen molar-refractivity contribution in [2.75, 3.05) is 7.05 Å². The van der Waals surface area contributed by atoms with Gasteiger partial charge in [-0.1, -0.05) is 23.7 Å². The van der Waals surface area contributed by atoms with E-state index < -0.39 is 0 Å². The lowest BCUT2D eigenvalue weighted by Gasteiger charge is -2.39. The van der Waals surface area contributed by atoms with E-state index in [4.69, 9.17) is 11.6 Å². The first-order valence-corrected chi connectivity index (χ1v) is 7.78. The lowest BCUT2D eigenvalue weighted by Crippen LogP contribution is -2.49. The molecule has 0 radical (unpaired) electrons. The maximum Gasteiger partial charge on any atom is 0.224 e. The van der Waals surface area contributed by atoms with Gasteiger partial charge in [0.25, 0.3) is 0 Å². The molecule has 108 valence electrons. The smallest absolute Gasteiger partial charge is 0.224 e. The monoisotopic (exact) mass is 292 g/mol. The predicted octanol–water partition coefficient (Wildman–Crippen LogP) is 2.83. The van der Waals surface area contributed by atoms with Gasteiger partial charge in [-0.15, -0.1) is 0 Å². The summed E-state index contributed by atoms with van der Waals surface area (Å²) in [6.45, 7) is 0.931. The first-order chi connectivity index (χ1) is 9.69. The molecule has 2 aliphatic rings. The van der Waals surface area contributed by atoms with Crippen LogP contribution in [0.4, 0.5) is 0 Å². The number of nitrogens with zero attached hydrogens (tertiary/aromatic N) is 1. The number of nitrogens with one attached hydrogen (secondary N) is 1. The molecule has 1 N–H and O–H groups in total. The Kier molecular flexibility index (Phi) is 3.99. The SMILES string of the molecule is CNC(=O)[C@H]1CC[C@@H]2CC[C@H]1N2Cc1ccc(Cl)cc1. The van der Waals surface area contributed by atoms with E-state index in [1.165, 1.54) is 12.0 Å². The number of halogens is 1. The van der Waals surface area contributed by atoms with Crippen LogP contribution in [0.15, 0.2) is 24.3 Å². The molecular formula is C16H21ClN2O. The van der Waals surface area contributed by atoms with Crippen molar-refractivity contribution in [2.45, 2.75) is 44.3 Å². The van der Waals surface area contributed by atoms with Gasteiger partial charge < -0.3 is 5.32 Å². The normalized spacial score (nSPS) is 29.4. The Hall–Kier alpha value is -1.06. The average Bonchev–Trinajstić information content (AvgIpc) is 2.72. The van der Waals surface area contributed by atoms with Crippen LogP contribution < -0.4 is 5.32 Å². The van der Waals surface area contributed by atoms with Crippen molar-refractivity contribution in [3.8, 4) is 0 Å². The van der Waals surface area contributed by atoms with E-state index >= 15 is 0 Å². The third-order valence-electron chi connectivity index (χ3n) is 4.83. The van der Waals surface area contributed by atoms with Gasteiger partial charge in [0.05, 0.1) is 5.92 Å². The first-order valence-electron chi connectivity index (χ1n) is 7.41. The first kappa shape index (κ1) is 13.9. The Balaban J connectivity index is 1.75. The number of carbonyl (C=O) groups excluding carboxylic acids is 1. The summed E-state index contributed by atoms with van der Waals surface area (Å²) >= 11 is 5.94. The summed E-state index contributed by atoms with van der Waals surface area (Å²) in [7, 11) is 1.74. The second-order valence-corrected chi connectivity index (χ2v) is 6.33. The van der Waals surface area contributed by atoms with Crippen LogP contribution in [0, 0.1) is 5.92 Å². The number of benzene rings is 1. The molecule has 0 aliphatic carbocycles. The van der Waals surface area contributed by atoms with E-state index in [2.05, 4.69) is 22.3 Å². The molecule has 4 heteroatoms. The summed E-state index contributed by atoms with van der Waals surface area (Å²) in [5.41, 5.74) is 1.28. The maximum absolute atomic E-state index is 12.0. The molecule has 3 nitrogen and oxygen atoms in total. The van der Waals surface area contributed by atoms with Crippen molar-refractivity contribution in [2.24, 2.45) is 5.92 Å². The van der Waals surface area contributed by atoms with Gasteiger partial charge in [0, 0.05) is 30.7 Å². The number of fused-ring (bicyclic) bond motifs is 2. The summed E-state index contributed by atoms with van der Waals surface area (Å²) in [5.74, 6) is 0.363. The molecule has 0 unspecified atom stereocenters. The minimum Gasteiger partial charge on any atom is -0.359 e. The van der Waals surface area contributed by atoms with Crippen LogP contribution in [0.25, 0.3) is 0 Å². The zero-order valence-electron chi connectivity index (χ0n) is 11.8. The molecule has 1 amide bonds. The van der Waals surface area contributed by atoms with Crippen molar-refractivity contribution in [3.63, 3.8) is 0 Å². The van der Waals surface area contributed by atoms with Crippen molar-refractivity contribution in [1.29, 1.82) is 0 Å². The predicted molar refractivity (Wildman–Crippen MR) is 80.6 cm³/mol. The van der Waals surface area contributed by atoms with Crippen molar-refractivity contribution < 1.29 is 4.79 Å². The van der Waals surface area contributed by atoms with E-state index in [9.17, 15) is 4.79 Å². The molecule has 1 aromatic rings. The lowest BCUT2D eigenvalue weighted by molar-refractivity contribution is -0.128. The molecule has 3 rings (SSSR count). The van der Waals surface area contributed by atoms with Crippen LogP contribution in [0.1, 0.15) is 31.2 Å². The summed E-state index contributed by atoms with van der Waals surface area (Å²) in [4.78, 5) is 14.6. The van der Waals surface area contributed by atoms with Gasteiger partial charge in [0.2, 0.25) is 5.91 Å². The fourth-order valence-electron chi connectivity index (χ4n) is 3.81. The highest BCUT2D eigenvalue weighted by molar-refractivity contribution is 6.30. The number of hydrogen-bond acceptors (Lipinski definition) is 2. The van der Waals surface area contributed by atoms with Gasteiger partial charge in [-0.25, -0.2) is 0 Å². The Bertz CT molecular complexity index is 488. The topological polar surface area (TPSA) is 32.3 Å². The van der Waals surface area contributed by atoms with Crippen LogP contribution in [-0.4, -0.2) is 29.9 Å². The van der Waals surface area contributed by atoms with Crippen molar-refractivity contribution in [3.05, 3.63) is 34.9 Å². The Morgan fingerprint density at radius 1 is 1.25 bits per heavy atom. The Morgan fingerprint density at radius 3 is 2.65 bits per heavy atom. The molecule has 2 bridgehead atoms. The second kappa shape index (κ2) is 5.74. The summed E-state index contributed by atoms with van der Waals surface area (Å²) in [6.07, 6.45) is 4.55. The quantitative estimate of drug-likeness (QED) is 0.929. The van der Waals surface area contributed by atoms with Crippen molar-refractivity contribution >= 4 is 17.5 Å². The van der Waals surface area contributed by atoms with Gasteiger partial charge in [-0.2, -0.15) is 0 Å². The van der Waals surface area contributed by atoms with E-state index in [1.54, 1.807) is 7.05 Å². The average molecular weight is 293 g/mol. The van der Waals surface area contributed by atoms with Crippen LogP contribution in [-0.2, 0) is 11.3 Å². The zero-order valence-corrected chi connectivity index (χ0v) is 12.6. The number of carbonyl (C=O) groups is 1. The number of amides is 1. The summed E-state index contributed by atoms with van der Waals surface area (Å²) < 4.78 is 0. The van der Waals surface area contributed by atoms with E-state index in [0.29, 0.717) is 12.1 Å². The van der Waals surface area contributed by atoms with Crippen LogP contribution in [0.5, 0.6) is 0 Å². The molecule has 1 aromatic carbocycles. The van der Waals surface area contributed by atoms with Gasteiger partial charge in [-0.3, -0.25) is 9.69 Å². The summed E-state index contributed by atoms with van der Waals surface area (Å²) in [5, 5.41) is 3.60. The van der Waals surface area contributed by atoms with Gasteiger partial charge >= 0.3 is 0 Å². The molecule has 0 aromatic heterocycles. The zero-order chi connectivity index (χ0) is 14.1. The molecule has 0 saturated carbocycles. The van der Waals surface area contributed by atoms with Gasteiger partial charge in [0.15, 0.2) is 0 Å². The molecular weight excluding hydrogens is 272 g/mol. The summed E-state index contributed by atoms with van der Waals surface area (Å²) in [6, 6.07) is 9.12. The van der Waals surface area contributed by atoms with Crippen LogP contribution in [0.3, 0.4) is 0 Å².